The maximum atomic E-state index is 12.6. The van der Waals surface area contributed by atoms with Crippen molar-refractivity contribution < 1.29 is 9.22 Å². The van der Waals surface area contributed by atoms with E-state index in [2.05, 4.69) is 40.8 Å². The monoisotopic (exact) mass is 390 g/mol. The van der Waals surface area contributed by atoms with Gasteiger partial charge in [-0.15, -0.1) is 0 Å². The quantitative estimate of drug-likeness (QED) is 0.497. The van der Waals surface area contributed by atoms with Crippen LogP contribution in [0.4, 0.5) is 0 Å². The zero-order valence-corrected chi connectivity index (χ0v) is 19.6. The van der Waals surface area contributed by atoms with Crippen molar-refractivity contribution in [1.29, 1.82) is 0 Å². The van der Waals surface area contributed by atoms with Crippen LogP contribution in [0.5, 0.6) is 0 Å². The second-order valence-corrected chi connectivity index (χ2v) is 17.1. The first-order chi connectivity index (χ1) is 12.5. The number of carbonyl (C=O) groups excluding carboxylic acids is 1. The van der Waals surface area contributed by atoms with E-state index in [0.29, 0.717) is 29.5 Å². The molecule has 4 aliphatic carbocycles. The molecule has 0 aromatic heterocycles. The number of carbonyl (C=O) groups is 1. The molecule has 0 heterocycles. The summed E-state index contributed by atoms with van der Waals surface area (Å²) >= 11 is 0. The SMILES string of the molecule is CC(C)(C)[Si](C)(C)OC1CC(=O)CC2CC[C@@H]3[C@H](CC[C@]4(C)CCC[C@@H]34)[C@H]21. The molecule has 3 heteroatoms. The molecular formula is C24H42O2Si. The van der Waals surface area contributed by atoms with Gasteiger partial charge in [0.05, 0.1) is 6.10 Å². The Morgan fingerprint density at radius 2 is 1.74 bits per heavy atom. The Kier molecular flexibility index (Phi) is 4.99. The third-order valence-electron chi connectivity index (χ3n) is 9.78. The summed E-state index contributed by atoms with van der Waals surface area (Å²) in [5.74, 6) is 4.41. The fourth-order valence-electron chi connectivity index (χ4n) is 7.38. The molecule has 0 aromatic rings. The highest BCUT2D eigenvalue weighted by Crippen LogP contribution is 2.62. The van der Waals surface area contributed by atoms with Crippen LogP contribution in [0.2, 0.25) is 18.1 Å². The molecule has 4 saturated carbocycles. The second-order valence-electron chi connectivity index (χ2n) is 12.3. The molecule has 0 radical (unpaired) electrons. The van der Waals surface area contributed by atoms with Crippen molar-refractivity contribution >= 4 is 14.1 Å². The highest BCUT2D eigenvalue weighted by Gasteiger charge is 2.56. The van der Waals surface area contributed by atoms with E-state index in [1.165, 1.54) is 44.9 Å². The topological polar surface area (TPSA) is 26.3 Å². The van der Waals surface area contributed by atoms with Crippen molar-refractivity contribution in [1.82, 2.24) is 0 Å². The Morgan fingerprint density at radius 1 is 1.00 bits per heavy atom. The predicted octanol–water partition coefficient (Wildman–Crippen LogP) is 6.60. The molecule has 0 amide bonds. The first-order valence-corrected chi connectivity index (χ1v) is 14.6. The summed E-state index contributed by atoms with van der Waals surface area (Å²) in [5, 5.41) is 0.216. The smallest absolute Gasteiger partial charge is 0.192 e. The van der Waals surface area contributed by atoms with Crippen molar-refractivity contribution in [2.24, 2.45) is 35.0 Å². The lowest BCUT2D eigenvalue weighted by Crippen LogP contribution is -2.55. The Morgan fingerprint density at radius 3 is 2.44 bits per heavy atom. The number of hydrogen-bond donors (Lipinski definition) is 0. The minimum atomic E-state index is -1.85. The van der Waals surface area contributed by atoms with Gasteiger partial charge >= 0.3 is 0 Å². The van der Waals surface area contributed by atoms with Gasteiger partial charge in [-0.2, -0.15) is 0 Å². The van der Waals surface area contributed by atoms with Crippen LogP contribution in [0.3, 0.4) is 0 Å². The normalized spacial score (nSPS) is 45.2. The van der Waals surface area contributed by atoms with Gasteiger partial charge in [0, 0.05) is 12.8 Å². The molecule has 0 saturated heterocycles. The fraction of sp³-hybridized carbons (Fsp3) is 0.958. The summed E-state index contributed by atoms with van der Waals surface area (Å²) in [5.41, 5.74) is 0.619. The molecular weight excluding hydrogens is 348 g/mol. The van der Waals surface area contributed by atoms with Crippen LogP contribution in [0.25, 0.3) is 0 Å². The molecule has 4 fully saturated rings. The Bertz CT molecular complexity index is 592. The minimum absolute atomic E-state index is 0.204. The predicted molar refractivity (Wildman–Crippen MR) is 114 cm³/mol. The second kappa shape index (κ2) is 6.69. The van der Waals surface area contributed by atoms with Gasteiger partial charge in [0.15, 0.2) is 8.32 Å². The van der Waals surface area contributed by atoms with E-state index in [1.807, 2.05) is 0 Å². The summed E-state index contributed by atoms with van der Waals surface area (Å²) < 4.78 is 6.99. The first kappa shape index (κ1) is 20.1. The molecule has 154 valence electrons. The molecule has 4 rings (SSSR count). The summed E-state index contributed by atoms with van der Waals surface area (Å²) in [7, 11) is -1.85. The summed E-state index contributed by atoms with van der Waals surface area (Å²) in [4.78, 5) is 12.6. The minimum Gasteiger partial charge on any atom is -0.413 e. The summed E-state index contributed by atoms with van der Waals surface area (Å²) in [6.45, 7) is 14.3. The third kappa shape index (κ3) is 3.39. The molecule has 27 heavy (non-hydrogen) atoms. The van der Waals surface area contributed by atoms with Crippen LogP contribution in [0.15, 0.2) is 0 Å². The number of hydrogen-bond acceptors (Lipinski definition) is 2. The molecule has 2 nitrogen and oxygen atoms in total. The lowest BCUT2D eigenvalue weighted by molar-refractivity contribution is -0.137. The van der Waals surface area contributed by atoms with Gasteiger partial charge < -0.3 is 4.43 Å². The Balaban J connectivity index is 1.60. The van der Waals surface area contributed by atoms with Crippen LogP contribution in [0.1, 0.15) is 85.5 Å². The van der Waals surface area contributed by atoms with Gasteiger partial charge in [0.1, 0.15) is 5.78 Å². The van der Waals surface area contributed by atoms with Gasteiger partial charge in [0.2, 0.25) is 0 Å². The lowest BCUT2D eigenvalue weighted by atomic mass is 9.50. The van der Waals surface area contributed by atoms with Crippen LogP contribution >= 0.6 is 0 Å². The van der Waals surface area contributed by atoms with Gasteiger partial charge in [-0.1, -0.05) is 34.1 Å². The number of Topliss-reactive ketones (excluding diaryl/α,β-unsaturated/α-hetero) is 1. The van der Waals surface area contributed by atoms with Crippen molar-refractivity contribution in [3.05, 3.63) is 0 Å². The van der Waals surface area contributed by atoms with Crippen molar-refractivity contribution in [3.63, 3.8) is 0 Å². The highest BCUT2D eigenvalue weighted by molar-refractivity contribution is 6.74. The van der Waals surface area contributed by atoms with E-state index < -0.39 is 8.32 Å². The Hall–Kier alpha value is -0.153. The van der Waals surface area contributed by atoms with Gasteiger partial charge in [-0.3, -0.25) is 4.79 Å². The third-order valence-corrected chi connectivity index (χ3v) is 14.3. The molecule has 4 aliphatic rings. The van der Waals surface area contributed by atoms with E-state index in [0.717, 1.165) is 24.2 Å². The molecule has 0 aromatic carbocycles. The maximum Gasteiger partial charge on any atom is 0.192 e. The van der Waals surface area contributed by atoms with Crippen LogP contribution in [-0.2, 0) is 9.22 Å². The molecule has 2 unspecified atom stereocenters. The van der Waals surface area contributed by atoms with Crippen molar-refractivity contribution in [3.8, 4) is 0 Å². The van der Waals surface area contributed by atoms with Gasteiger partial charge in [-0.25, -0.2) is 0 Å². The zero-order valence-electron chi connectivity index (χ0n) is 18.6. The van der Waals surface area contributed by atoms with Gasteiger partial charge in [0.25, 0.3) is 0 Å². The summed E-state index contributed by atoms with van der Waals surface area (Å²) in [6, 6.07) is 0. The Labute approximate surface area is 168 Å². The zero-order chi connectivity index (χ0) is 19.6. The molecule has 0 aliphatic heterocycles. The van der Waals surface area contributed by atoms with Crippen LogP contribution in [0, 0.1) is 35.0 Å². The standard InChI is InChI=1S/C24H42O2Si/c1-23(2,3)27(5,6)26-21-15-17(25)14-16-9-10-18-19(22(16)21)11-13-24(4)12-7-8-20(18)24/h16,18-22H,7-15H2,1-6H3/t16?,18-,19+,20+,21?,22+,24+/m1/s1. The average Bonchev–Trinajstić information content (AvgIpc) is 2.94. The molecule has 0 bridgehead atoms. The van der Waals surface area contributed by atoms with Gasteiger partial charge in [-0.05, 0) is 91.7 Å². The molecule has 0 spiro atoms. The maximum absolute atomic E-state index is 12.6. The first-order valence-electron chi connectivity index (χ1n) is 11.7. The van der Waals surface area contributed by atoms with E-state index in [4.69, 9.17) is 4.43 Å². The fourth-order valence-corrected chi connectivity index (χ4v) is 8.73. The lowest BCUT2D eigenvalue weighted by Gasteiger charge is -2.57. The highest BCUT2D eigenvalue weighted by atomic mass is 28.4. The van der Waals surface area contributed by atoms with E-state index in [-0.39, 0.29) is 11.1 Å². The average molecular weight is 391 g/mol. The largest absolute Gasteiger partial charge is 0.413 e. The van der Waals surface area contributed by atoms with Crippen LogP contribution in [-0.4, -0.2) is 20.2 Å². The summed E-state index contributed by atoms with van der Waals surface area (Å²) in [6.07, 6.45) is 11.6. The number of ketones is 1. The molecule has 7 atom stereocenters. The van der Waals surface area contributed by atoms with Crippen LogP contribution < -0.4 is 0 Å². The van der Waals surface area contributed by atoms with E-state index >= 15 is 0 Å². The van der Waals surface area contributed by atoms with Crippen molar-refractivity contribution in [2.75, 3.05) is 0 Å². The van der Waals surface area contributed by atoms with E-state index in [9.17, 15) is 4.79 Å². The van der Waals surface area contributed by atoms with E-state index in [1.54, 1.807) is 0 Å². The number of rotatable bonds is 2. The van der Waals surface area contributed by atoms with Crippen molar-refractivity contribution in [2.45, 2.75) is 110 Å². The molecule has 0 N–H and O–H groups in total. The number of fused-ring (bicyclic) bond motifs is 5.